The first-order chi connectivity index (χ1) is 9.29. The lowest BCUT2D eigenvalue weighted by Crippen LogP contribution is -2.10. The van der Waals surface area contributed by atoms with E-state index in [0.29, 0.717) is 16.8 Å². The lowest BCUT2D eigenvalue weighted by molar-refractivity contribution is 0.591. The van der Waals surface area contributed by atoms with Crippen LogP contribution >= 0.6 is 11.6 Å². The maximum Gasteiger partial charge on any atom is 0.224 e. The van der Waals surface area contributed by atoms with Crippen molar-refractivity contribution in [2.45, 2.75) is 19.9 Å². The Morgan fingerprint density at radius 2 is 2.26 bits per heavy atom. The summed E-state index contributed by atoms with van der Waals surface area (Å²) in [4.78, 5) is 8.40. The zero-order valence-electron chi connectivity index (χ0n) is 10.8. The molecule has 0 unspecified atom stereocenters. The summed E-state index contributed by atoms with van der Waals surface area (Å²) < 4.78 is 1.90. The highest BCUT2D eigenvalue weighted by Gasteiger charge is 2.04. The van der Waals surface area contributed by atoms with E-state index in [1.807, 2.05) is 23.9 Å². The maximum atomic E-state index is 6.04. The topological polar surface area (TPSA) is 67.7 Å². The Bertz CT molecular complexity index is 499. The Morgan fingerprint density at radius 3 is 3.00 bits per heavy atom. The number of nitrogens with zero attached hydrogens (tertiary/aromatic N) is 4. The summed E-state index contributed by atoms with van der Waals surface area (Å²) >= 11 is 6.04. The van der Waals surface area contributed by atoms with E-state index < -0.39 is 0 Å². The van der Waals surface area contributed by atoms with E-state index in [-0.39, 0.29) is 0 Å². The van der Waals surface area contributed by atoms with Crippen LogP contribution in [0.2, 0.25) is 5.02 Å². The maximum absolute atomic E-state index is 6.04. The van der Waals surface area contributed by atoms with E-state index in [2.05, 4.69) is 25.7 Å². The molecule has 0 fully saturated rings. The molecule has 0 saturated carbocycles. The largest absolute Gasteiger partial charge is 0.369 e. The van der Waals surface area contributed by atoms with Crippen LogP contribution in [-0.4, -0.2) is 32.8 Å². The Morgan fingerprint density at radius 1 is 1.37 bits per heavy atom. The van der Waals surface area contributed by atoms with Crippen LogP contribution in [0.15, 0.2) is 24.7 Å². The van der Waals surface area contributed by atoms with E-state index in [0.717, 1.165) is 26.1 Å². The number of nitrogens with one attached hydrogen (secondary N) is 2. The molecule has 2 rings (SSSR count). The molecule has 0 aliphatic heterocycles. The molecule has 6 nitrogen and oxygen atoms in total. The zero-order chi connectivity index (χ0) is 13.5. The Hall–Kier alpha value is -1.82. The van der Waals surface area contributed by atoms with E-state index in [9.17, 15) is 0 Å². The summed E-state index contributed by atoms with van der Waals surface area (Å²) in [7, 11) is 0. The molecule has 0 radical (unpaired) electrons. The summed E-state index contributed by atoms with van der Waals surface area (Å²) in [5.74, 6) is 1.24. The minimum absolute atomic E-state index is 0.528. The SMILES string of the molecule is CCNc1ncc(Cl)c(NCCCn2cccn2)n1. The molecule has 2 heterocycles. The molecule has 19 heavy (non-hydrogen) atoms. The molecular weight excluding hydrogens is 264 g/mol. The minimum Gasteiger partial charge on any atom is -0.369 e. The van der Waals surface area contributed by atoms with Gasteiger partial charge in [0.2, 0.25) is 5.95 Å². The summed E-state index contributed by atoms with van der Waals surface area (Å²) in [6, 6.07) is 1.91. The highest BCUT2D eigenvalue weighted by atomic mass is 35.5. The first-order valence-corrected chi connectivity index (χ1v) is 6.65. The van der Waals surface area contributed by atoms with Crippen molar-refractivity contribution in [3.63, 3.8) is 0 Å². The van der Waals surface area contributed by atoms with E-state index >= 15 is 0 Å². The van der Waals surface area contributed by atoms with Gasteiger partial charge in [0.25, 0.3) is 0 Å². The van der Waals surface area contributed by atoms with Gasteiger partial charge >= 0.3 is 0 Å². The van der Waals surface area contributed by atoms with Gasteiger partial charge in [0.15, 0.2) is 0 Å². The molecule has 0 saturated heterocycles. The summed E-state index contributed by atoms with van der Waals surface area (Å²) in [6.45, 7) is 4.42. The van der Waals surface area contributed by atoms with Crippen molar-refractivity contribution >= 4 is 23.4 Å². The molecule has 2 aromatic heterocycles. The Kier molecular flexibility index (Phi) is 4.97. The zero-order valence-corrected chi connectivity index (χ0v) is 11.6. The number of aromatic nitrogens is 4. The molecule has 0 atom stereocenters. The fourth-order valence-electron chi connectivity index (χ4n) is 1.61. The fraction of sp³-hybridized carbons (Fsp3) is 0.417. The number of rotatable bonds is 7. The third-order valence-corrected chi connectivity index (χ3v) is 2.77. The number of hydrogen-bond acceptors (Lipinski definition) is 5. The predicted molar refractivity (Wildman–Crippen MR) is 76.5 cm³/mol. The average Bonchev–Trinajstić information content (AvgIpc) is 2.91. The minimum atomic E-state index is 0.528. The summed E-state index contributed by atoms with van der Waals surface area (Å²) in [5.41, 5.74) is 0. The van der Waals surface area contributed by atoms with Crippen molar-refractivity contribution in [3.05, 3.63) is 29.7 Å². The van der Waals surface area contributed by atoms with E-state index in [1.54, 1.807) is 12.4 Å². The molecule has 2 aromatic rings. The highest BCUT2D eigenvalue weighted by molar-refractivity contribution is 6.32. The molecule has 2 N–H and O–H groups in total. The van der Waals surface area contributed by atoms with Crippen LogP contribution in [0.1, 0.15) is 13.3 Å². The van der Waals surface area contributed by atoms with Gasteiger partial charge in [-0.1, -0.05) is 11.6 Å². The average molecular weight is 281 g/mol. The molecule has 0 aliphatic carbocycles. The molecule has 0 bridgehead atoms. The van der Waals surface area contributed by atoms with Crippen LogP contribution in [0.5, 0.6) is 0 Å². The quantitative estimate of drug-likeness (QED) is 0.762. The van der Waals surface area contributed by atoms with Crippen molar-refractivity contribution < 1.29 is 0 Å². The van der Waals surface area contributed by atoms with Crippen LogP contribution in [0.25, 0.3) is 0 Å². The van der Waals surface area contributed by atoms with Gasteiger partial charge in [-0.3, -0.25) is 4.68 Å². The molecule has 0 amide bonds. The van der Waals surface area contributed by atoms with Gasteiger partial charge in [-0.05, 0) is 19.4 Å². The fourth-order valence-corrected chi connectivity index (χ4v) is 1.77. The molecular formula is C12H17ClN6. The van der Waals surface area contributed by atoms with Crippen LogP contribution in [-0.2, 0) is 6.54 Å². The lowest BCUT2D eigenvalue weighted by atomic mass is 10.4. The second-order valence-electron chi connectivity index (χ2n) is 3.97. The van der Waals surface area contributed by atoms with Gasteiger partial charge in [-0.2, -0.15) is 10.1 Å². The monoisotopic (exact) mass is 280 g/mol. The van der Waals surface area contributed by atoms with Crippen molar-refractivity contribution in [2.75, 3.05) is 23.7 Å². The van der Waals surface area contributed by atoms with E-state index in [1.165, 1.54) is 0 Å². The van der Waals surface area contributed by atoms with Crippen LogP contribution in [0.4, 0.5) is 11.8 Å². The molecule has 0 aromatic carbocycles. The van der Waals surface area contributed by atoms with Crippen molar-refractivity contribution in [1.82, 2.24) is 19.7 Å². The third-order valence-electron chi connectivity index (χ3n) is 2.49. The number of aryl methyl sites for hydroxylation is 1. The smallest absolute Gasteiger partial charge is 0.224 e. The molecule has 7 heteroatoms. The first kappa shape index (κ1) is 13.6. The van der Waals surface area contributed by atoms with Gasteiger partial charge in [0, 0.05) is 32.0 Å². The van der Waals surface area contributed by atoms with Crippen LogP contribution < -0.4 is 10.6 Å². The summed E-state index contributed by atoms with van der Waals surface area (Å²) in [5, 5.41) is 10.9. The van der Waals surface area contributed by atoms with Gasteiger partial charge in [-0.15, -0.1) is 0 Å². The molecule has 0 aliphatic rings. The van der Waals surface area contributed by atoms with E-state index in [4.69, 9.17) is 11.6 Å². The number of hydrogen-bond donors (Lipinski definition) is 2. The first-order valence-electron chi connectivity index (χ1n) is 6.27. The number of anilines is 2. The Labute approximate surface area is 117 Å². The number of halogens is 1. The van der Waals surface area contributed by atoms with Crippen LogP contribution in [0, 0.1) is 0 Å². The second-order valence-corrected chi connectivity index (χ2v) is 4.38. The predicted octanol–water partition coefficient (Wildman–Crippen LogP) is 2.26. The molecule has 102 valence electrons. The van der Waals surface area contributed by atoms with Gasteiger partial charge < -0.3 is 10.6 Å². The van der Waals surface area contributed by atoms with Crippen molar-refractivity contribution in [1.29, 1.82) is 0 Å². The van der Waals surface area contributed by atoms with Gasteiger partial charge in [-0.25, -0.2) is 4.98 Å². The second kappa shape index (κ2) is 6.94. The summed E-state index contributed by atoms with van der Waals surface area (Å²) in [6.07, 6.45) is 6.26. The van der Waals surface area contributed by atoms with Crippen molar-refractivity contribution in [2.24, 2.45) is 0 Å². The standard InChI is InChI=1S/C12H17ClN6/c1-2-14-12-16-9-10(13)11(18-12)15-5-3-7-19-8-4-6-17-19/h4,6,8-9H,2-3,5,7H2,1H3,(H2,14,15,16,18). The Balaban J connectivity index is 1.83. The van der Waals surface area contributed by atoms with Crippen molar-refractivity contribution in [3.8, 4) is 0 Å². The third kappa shape index (κ3) is 4.10. The highest BCUT2D eigenvalue weighted by Crippen LogP contribution is 2.19. The normalized spacial score (nSPS) is 10.4. The van der Waals surface area contributed by atoms with Gasteiger partial charge in [0.05, 0.1) is 6.20 Å². The molecule has 0 spiro atoms. The van der Waals surface area contributed by atoms with Crippen LogP contribution in [0.3, 0.4) is 0 Å². The lowest BCUT2D eigenvalue weighted by Gasteiger charge is -2.09. The van der Waals surface area contributed by atoms with Gasteiger partial charge in [0.1, 0.15) is 10.8 Å².